The van der Waals surface area contributed by atoms with Gasteiger partial charge >= 0.3 is 0 Å². The summed E-state index contributed by atoms with van der Waals surface area (Å²) >= 11 is 0. The molecule has 0 amide bonds. The predicted molar refractivity (Wildman–Crippen MR) is 187 cm³/mol. The van der Waals surface area contributed by atoms with E-state index in [9.17, 15) is 5.26 Å². The van der Waals surface area contributed by atoms with Gasteiger partial charge in [-0.15, -0.1) is 0 Å². The zero-order valence-corrected chi connectivity index (χ0v) is 28.5. The second kappa shape index (κ2) is 14.3. The van der Waals surface area contributed by atoms with Gasteiger partial charge in [-0.1, -0.05) is 52.3 Å². The van der Waals surface area contributed by atoms with E-state index in [0.29, 0.717) is 23.6 Å². The second-order valence-electron chi connectivity index (χ2n) is 12.7. The first kappa shape index (κ1) is 32.9. The van der Waals surface area contributed by atoms with Crippen molar-refractivity contribution in [1.29, 1.82) is 5.26 Å². The van der Waals surface area contributed by atoms with Crippen molar-refractivity contribution >= 4 is 16.9 Å². The number of methoxy groups -OCH3 is 1. The lowest BCUT2D eigenvalue weighted by atomic mass is 9.87. The third kappa shape index (κ3) is 6.85. The molecule has 3 atom stereocenters. The van der Waals surface area contributed by atoms with Crippen molar-refractivity contribution in [3.8, 4) is 22.9 Å². The Morgan fingerprint density at radius 1 is 1.09 bits per heavy atom. The molecule has 8 nitrogen and oxygen atoms in total. The van der Waals surface area contributed by atoms with Crippen LogP contribution >= 0.6 is 0 Å². The molecule has 46 heavy (non-hydrogen) atoms. The van der Waals surface area contributed by atoms with Gasteiger partial charge in [0, 0.05) is 73.4 Å². The molecule has 240 valence electrons. The Balaban J connectivity index is 0.000000647. The number of aromatic nitrogens is 4. The summed E-state index contributed by atoms with van der Waals surface area (Å²) in [5.41, 5.74) is 8.15. The number of fused-ring (bicyclic) bond motifs is 3. The zero-order valence-electron chi connectivity index (χ0n) is 28.5. The van der Waals surface area contributed by atoms with Crippen LogP contribution in [0.1, 0.15) is 71.7 Å². The van der Waals surface area contributed by atoms with Crippen LogP contribution in [-0.4, -0.2) is 56.8 Å². The van der Waals surface area contributed by atoms with E-state index in [1.165, 1.54) is 17.6 Å². The van der Waals surface area contributed by atoms with E-state index in [2.05, 4.69) is 90.9 Å². The Morgan fingerprint density at radius 2 is 1.80 bits per heavy atom. The Morgan fingerprint density at radius 3 is 2.39 bits per heavy atom. The lowest BCUT2D eigenvalue weighted by molar-refractivity contribution is -0.00972. The van der Waals surface area contributed by atoms with Crippen LogP contribution in [0.4, 0.5) is 5.82 Å². The molecule has 3 unspecified atom stereocenters. The first-order chi connectivity index (χ1) is 22.3. The van der Waals surface area contributed by atoms with E-state index in [4.69, 9.17) is 9.72 Å². The van der Waals surface area contributed by atoms with E-state index in [-0.39, 0.29) is 0 Å². The second-order valence-corrected chi connectivity index (χ2v) is 12.7. The first-order valence-corrected chi connectivity index (χ1v) is 16.5. The van der Waals surface area contributed by atoms with E-state index in [1.54, 1.807) is 13.3 Å². The van der Waals surface area contributed by atoms with Gasteiger partial charge in [-0.3, -0.25) is 9.88 Å². The number of hydrogen-bond donors (Lipinski definition) is 0. The Bertz CT molecular complexity index is 1750. The van der Waals surface area contributed by atoms with Gasteiger partial charge in [-0.05, 0) is 61.6 Å². The fourth-order valence-electron chi connectivity index (χ4n) is 6.38. The molecule has 3 saturated heterocycles. The molecule has 2 bridgehead atoms. The highest BCUT2D eigenvalue weighted by Crippen LogP contribution is 2.42. The molecule has 3 aliphatic heterocycles. The van der Waals surface area contributed by atoms with Crippen LogP contribution in [0.5, 0.6) is 5.75 Å². The standard InChI is InChI=1S/C32H31N7O.C4H10.C2H6/c1-4-28(29-9-20(29)2)22-10-30(32-23(13-33)15-36-39(32)16-22)21-5-6-31(35-14-21)37-18-25-12-26(19-37)38(25)17-24-11-27(40-3)7-8-34-24;1-4(2)3;1-2/h4-11,14-16,25-26,29H,12,17-19H2,1-3H3;4H,1-3H3;1-2H3/b28-4-;;. The fourth-order valence-corrected chi connectivity index (χ4v) is 6.38. The smallest absolute Gasteiger partial charge is 0.128 e. The van der Waals surface area contributed by atoms with Crippen LogP contribution in [0.2, 0.25) is 0 Å². The van der Waals surface area contributed by atoms with E-state index in [0.717, 1.165) is 65.0 Å². The normalized spacial score (nSPS) is 20.1. The average molecular weight is 618 g/mol. The molecule has 4 aliphatic rings. The van der Waals surface area contributed by atoms with Gasteiger partial charge in [0.25, 0.3) is 0 Å². The molecule has 0 radical (unpaired) electrons. The minimum atomic E-state index is 0.381. The third-order valence-electron chi connectivity index (χ3n) is 8.62. The monoisotopic (exact) mass is 617 g/mol. The highest BCUT2D eigenvalue weighted by atomic mass is 16.5. The van der Waals surface area contributed by atoms with Crippen molar-refractivity contribution < 1.29 is 4.74 Å². The Hall–Kier alpha value is -4.48. The molecule has 4 aromatic heterocycles. The Kier molecular flexibility index (Phi) is 10.2. The molecule has 1 aliphatic carbocycles. The number of pyridine rings is 3. The molecule has 0 saturated carbocycles. The molecule has 3 fully saturated rings. The minimum Gasteiger partial charge on any atom is -0.497 e. The van der Waals surface area contributed by atoms with Crippen molar-refractivity contribution in [3.05, 3.63) is 89.7 Å². The molecule has 0 aromatic carbocycles. The lowest BCUT2D eigenvalue weighted by Crippen LogP contribution is -2.68. The number of nitriles is 1. The molecular weight excluding hydrogens is 570 g/mol. The van der Waals surface area contributed by atoms with E-state index >= 15 is 0 Å². The number of piperidine rings is 1. The summed E-state index contributed by atoms with van der Waals surface area (Å²) in [6.45, 7) is 17.5. The number of piperazine rings is 1. The summed E-state index contributed by atoms with van der Waals surface area (Å²) in [5, 5.41) is 14.3. The lowest BCUT2D eigenvalue weighted by Gasteiger charge is -2.56. The van der Waals surface area contributed by atoms with Crippen molar-refractivity contribution in [2.45, 2.75) is 73.5 Å². The van der Waals surface area contributed by atoms with Crippen molar-refractivity contribution in [2.75, 3.05) is 25.1 Å². The van der Waals surface area contributed by atoms with Gasteiger partial charge in [-0.2, -0.15) is 10.4 Å². The molecule has 0 N–H and O–H groups in total. The summed E-state index contributed by atoms with van der Waals surface area (Å²) in [6, 6.07) is 13.6. The van der Waals surface area contributed by atoms with Gasteiger partial charge in [0.1, 0.15) is 17.6 Å². The number of anilines is 1. The van der Waals surface area contributed by atoms with Gasteiger partial charge in [0.05, 0.1) is 30.1 Å². The maximum atomic E-state index is 9.78. The van der Waals surface area contributed by atoms with Crippen LogP contribution < -0.4 is 9.64 Å². The summed E-state index contributed by atoms with van der Waals surface area (Å²) in [6.07, 6.45) is 13.1. The summed E-state index contributed by atoms with van der Waals surface area (Å²) in [4.78, 5) is 14.4. The molecule has 4 aromatic rings. The largest absolute Gasteiger partial charge is 0.497 e. The molecular formula is C38H47N7O. The Labute approximate surface area is 274 Å². The third-order valence-corrected chi connectivity index (χ3v) is 8.62. The molecule has 8 heteroatoms. The van der Waals surface area contributed by atoms with Crippen molar-refractivity contribution in [1.82, 2.24) is 24.5 Å². The van der Waals surface area contributed by atoms with Gasteiger partial charge in [-0.25, -0.2) is 9.50 Å². The highest BCUT2D eigenvalue weighted by molar-refractivity contribution is 5.88. The SMILES string of the molecule is C/C=C(/c1cc(-c2ccc(N3CC4CC(C3)N4Cc3cc(OC)ccn3)nc2)c2c(C#N)cnn2c1)C1C=C1C.CC.CC(C)C. The topological polar surface area (TPSA) is 82.6 Å². The predicted octanol–water partition coefficient (Wildman–Crippen LogP) is 7.80. The quantitative estimate of drug-likeness (QED) is 0.196. The summed E-state index contributed by atoms with van der Waals surface area (Å²) in [5.74, 6) is 3.06. The van der Waals surface area contributed by atoms with E-state index in [1.807, 2.05) is 49.1 Å². The summed E-state index contributed by atoms with van der Waals surface area (Å²) in [7, 11) is 1.69. The fraction of sp³-hybridized carbons (Fsp3) is 0.421. The number of ether oxygens (including phenoxy) is 1. The molecule has 8 rings (SSSR count). The summed E-state index contributed by atoms with van der Waals surface area (Å²) < 4.78 is 7.21. The highest BCUT2D eigenvalue weighted by Gasteiger charge is 2.44. The maximum Gasteiger partial charge on any atom is 0.128 e. The van der Waals surface area contributed by atoms with Gasteiger partial charge < -0.3 is 9.64 Å². The van der Waals surface area contributed by atoms with Crippen LogP contribution in [0.25, 0.3) is 22.2 Å². The minimum absolute atomic E-state index is 0.381. The van der Waals surface area contributed by atoms with Crippen LogP contribution in [0, 0.1) is 23.2 Å². The van der Waals surface area contributed by atoms with Crippen LogP contribution in [-0.2, 0) is 6.54 Å². The average Bonchev–Trinajstić information content (AvgIpc) is 3.64. The number of allylic oxidation sites excluding steroid dienone is 4. The zero-order chi connectivity index (χ0) is 33.0. The first-order valence-electron chi connectivity index (χ1n) is 16.5. The van der Waals surface area contributed by atoms with Gasteiger partial charge in [0.2, 0.25) is 0 Å². The van der Waals surface area contributed by atoms with E-state index < -0.39 is 0 Å². The number of rotatable bonds is 7. The number of hydrogen-bond acceptors (Lipinski definition) is 7. The maximum absolute atomic E-state index is 9.78. The van der Waals surface area contributed by atoms with Crippen molar-refractivity contribution in [2.24, 2.45) is 11.8 Å². The van der Waals surface area contributed by atoms with Crippen molar-refractivity contribution in [3.63, 3.8) is 0 Å². The molecule has 0 spiro atoms. The molecule has 7 heterocycles. The van der Waals surface area contributed by atoms with Gasteiger partial charge in [0.15, 0.2) is 0 Å². The van der Waals surface area contributed by atoms with Crippen LogP contribution in [0.3, 0.4) is 0 Å². The van der Waals surface area contributed by atoms with Crippen LogP contribution in [0.15, 0.2) is 72.8 Å². The number of nitrogens with zero attached hydrogens (tertiary/aromatic N) is 7.